The first kappa shape index (κ1) is 23.7. The lowest BCUT2D eigenvalue weighted by atomic mass is 10.2. The third kappa shape index (κ3) is 5.26. The van der Waals surface area contributed by atoms with Gasteiger partial charge in [-0.2, -0.15) is 4.31 Å². The fourth-order valence-electron chi connectivity index (χ4n) is 3.42. The molecule has 2 aromatic carbocycles. The van der Waals surface area contributed by atoms with Crippen LogP contribution in [0.5, 0.6) is 11.5 Å². The highest BCUT2D eigenvalue weighted by Crippen LogP contribution is 2.36. The average molecular weight is 487 g/mol. The topological polar surface area (TPSA) is 84.9 Å². The summed E-state index contributed by atoms with van der Waals surface area (Å²) in [5.41, 5.74) is 0.469. The van der Waals surface area contributed by atoms with E-state index in [1.165, 1.54) is 42.8 Å². The molecule has 1 amide bonds. The Morgan fingerprint density at radius 2 is 1.58 bits per heavy atom. The number of benzene rings is 2. The first-order chi connectivity index (χ1) is 14.8. The van der Waals surface area contributed by atoms with Gasteiger partial charge in [-0.15, -0.1) is 0 Å². The predicted molar refractivity (Wildman–Crippen MR) is 121 cm³/mol. The van der Waals surface area contributed by atoms with Crippen LogP contribution in [-0.4, -0.2) is 45.9 Å². The van der Waals surface area contributed by atoms with Gasteiger partial charge < -0.3 is 14.8 Å². The molecule has 1 aliphatic heterocycles. The third-order valence-electron chi connectivity index (χ3n) is 5.10. The number of anilines is 1. The Morgan fingerprint density at radius 3 is 2.19 bits per heavy atom. The van der Waals surface area contributed by atoms with Crippen LogP contribution in [0.1, 0.15) is 36.0 Å². The molecule has 0 atom stereocenters. The summed E-state index contributed by atoms with van der Waals surface area (Å²) >= 11 is 12.4. The fraction of sp³-hybridized carbons (Fsp3) is 0.381. The summed E-state index contributed by atoms with van der Waals surface area (Å²) in [7, 11) is -0.892. The molecule has 1 heterocycles. The summed E-state index contributed by atoms with van der Waals surface area (Å²) in [6.07, 6.45) is 3.59. The Balaban J connectivity index is 1.91. The van der Waals surface area contributed by atoms with E-state index >= 15 is 0 Å². The number of nitrogens with one attached hydrogen (secondary N) is 1. The zero-order valence-electron chi connectivity index (χ0n) is 17.3. The van der Waals surface area contributed by atoms with Crippen molar-refractivity contribution in [1.29, 1.82) is 0 Å². The smallest absolute Gasteiger partial charge is 0.255 e. The first-order valence-electron chi connectivity index (χ1n) is 9.80. The van der Waals surface area contributed by atoms with Crippen molar-refractivity contribution in [3.8, 4) is 11.5 Å². The Morgan fingerprint density at radius 1 is 0.935 bits per heavy atom. The molecule has 0 spiro atoms. The van der Waals surface area contributed by atoms with Gasteiger partial charge in [0.15, 0.2) is 0 Å². The van der Waals surface area contributed by atoms with E-state index < -0.39 is 15.9 Å². The Hall–Kier alpha value is -2.00. The Labute approximate surface area is 192 Å². The van der Waals surface area contributed by atoms with Gasteiger partial charge in [0.2, 0.25) is 10.0 Å². The van der Waals surface area contributed by atoms with Gasteiger partial charge in [-0.05, 0) is 37.1 Å². The lowest BCUT2D eigenvalue weighted by molar-refractivity contribution is 0.102. The van der Waals surface area contributed by atoms with Crippen molar-refractivity contribution in [3.63, 3.8) is 0 Å². The second kappa shape index (κ2) is 10.1. The van der Waals surface area contributed by atoms with E-state index in [9.17, 15) is 13.2 Å². The molecule has 0 unspecified atom stereocenters. The van der Waals surface area contributed by atoms with Crippen molar-refractivity contribution < 1.29 is 22.7 Å². The van der Waals surface area contributed by atoms with Crippen molar-refractivity contribution >= 4 is 44.8 Å². The summed E-state index contributed by atoms with van der Waals surface area (Å²) < 4.78 is 38.2. The second-order valence-corrected chi connectivity index (χ2v) is 9.83. The normalized spacial score (nSPS) is 15.2. The van der Waals surface area contributed by atoms with Crippen LogP contribution in [0, 0.1) is 0 Å². The van der Waals surface area contributed by atoms with Gasteiger partial charge in [-0.1, -0.05) is 36.0 Å². The van der Waals surface area contributed by atoms with Crippen molar-refractivity contribution in [3.05, 3.63) is 45.9 Å². The fourth-order valence-corrected chi connectivity index (χ4v) is 5.67. The molecule has 1 fully saturated rings. The number of methoxy groups -OCH3 is 2. The highest BCUT2D eigenvalue weighted by atomic mass is 35.5. The van der Waals surface area contributed by atoms with E-state index in [0.29, 0.717) is 35.3 Å². The molecule has 3 rings (SSSR count). The quantitative estimate of drug-likeness (QED) is 0.631. The molecule has 1 saturated heterocycles. The van der Waals surface area contributed by atoms with E-state index in [4.69, 9.17) is 32.7 Å². The molecule has 0 saturated carbocycles. The van der Waals surface area contributed by atoms with Gasteiger partial charge in [0.1, 0.15) is 16.4 Å². The number of sulfonamides is 1. The van der Waals surface area contributed by atoms with Crippen LogP contribution in [0.3, 0.4) is 0 Å². The van der Waals surface area contributed by atoms with Crippen LogP contribution in [-0.2, 0) is 10.0 Å². The molecular formula is C21H24Cl2N2O5S. The number of ether oxygens (including phenoxy) is 2. The average Bonchev–Trinajstić information content (AvgIpc) is 3.04. The largest absolute Gasteiger partial charge is 0.495 e. The van der Waals surface area contributed by atoms with E-state index in [1.54, 1.807) is 6.07 Å². The zero-order valence-corrected chi connectivity index (χ0v) is 19.6. The summed E-state index contributed by atoms with van der Waals surface area (Å²) in [5, 5.41) is 3.07. The van der Waals surface area contributed by atoms with Gasteiger partial charge >= 0.3 is 0 Å². The molecule has 0 bridgehead atoms. The maximum atomic E-state index is 13.2. The van der Waals surface area contributed by atoms with Gasteiger partial charge in [-0.25, -0.2) is 8.42 Å². The van der Waals surface area contributed by atoms with Crippen LogP contribution < -0.4 is 14.8 Å². The maximum Gasteiger partial charge on any atom is 0.255 e. The maximum absolute atomic E-state index is 13.2. The van der Waals surface area contributed by atoms with Gasteiger partial charge in [0.25, 0.3) is 5.91 Å². The third-order valence-corrected chi connectivity index (χ3v) is 7.77. The molecule has 10 heteroatoms. The van der Waals surface area contributed by atoms with Crippen LogP contribution in [0.4, 0.5) is 5.69 Å². The summed E-state index contributed by atoms with van der Waals surface area (Å²) in [5.74, 6) is 0.221. The minimum atomic E-state index is -3.81. The molecule has 31 heavy (non-hydrogen) atoms. The van der Waals surface area contributed by atoms with E-state index in [2.05, 4.69) is 5.32 Å². The highest BCUT2D eigenvalue weighted by molar-refractivity contribution is 7.89. The molecule has 0 aromatic heterocycles. The Kier molecular flexibility index (Phi) is 7.69. The first-order valence-corrected chi connectivity index (χ1v) is 12.0. The number of amides is 1. The number of halogens is 2. The SMILES string of the molecule is COc1cc(OC)c(NC(=O)c2ccc(Cl)c(S(=O)(=O)N3CCCCCC3)c2)cc1Cl. The number of rotatable bonds is 6. The van der Waals surface area contributed by atoms with Crippen molar-refractivity contribution in [2.24, 2.45) is 0 Å². The number of carbonyl (C=O) groups excluding carboxylic acids is 1. The minimum absolute atomic E-state index is 0.0749. The number of hydrogen-bond acceptors (Lipinski definition) is 5. The Bertz CT molecular complexity index is 1070. The number of carbonyl (C=O) groups is 1. The van der Waals surface area contributed by atoms with E-state index in [0.717, 1.165) is 25.7 Å². The van der Waals surface area contributed by atoms with Crippen LogP contribution >= 0.6 is 23.2 Å². The molecule has 0 aliphatic carbocycles. The van der Waals surface area contributed by atoms with Crippen molar-refractivity contribution in [2.75, 3.05) is 32.6 Å². The number of hydrogen-bond donors (Lipinski definition) is 1. The number of nitrogens with zero attached hydrogens (tertiary/aromatic N) is 1. The van der Waals surface area contributed by atoms with Gasteiger partial charge in [-0.3, -0.25) is 4.79 Å². The lowest BCUT2D eigenvalue weighted by Gasteiger charge is -2.21. The van der Waals surface area contributed by atoms with Crippen LogP contribution in [0.25, 0.3) is 0 Å². The highest BCUT2D eigenvalue weighted by Gasteiger charge is 2.28. The lowest BCUT2D eigenvalue weighted by Crippen LogP contribution is -2.32. The molecule has 1 N–H and O–H groups in total. The summed E-state index contributed by atoms with van der Waals surface area (Å²) in [6.45, 7) is 0.882. The molecule has 1 aliphatic rings. The monoisotopic (exact) mass is 486 g/mol. The van der Waals surface area contributed by atoms with E-state index in [-0.39, 0.29) is 15.5 Å². The molecule has 2 aromatic rings. The van der Waals surface area contributed by atoms with Crippen molar-refractivity contribution in [1.82, 2.24) is 4.31 Å². The molecule has 0 radical (unpaired) electrons. The minimum Gasteiger partial charge on any atom is -0.495 e. The summed E-state index contributed by atoms with van der Waals surface area (Å²) in [4.78, 5) is 12.8. The molecular weight excluding hydrogens is 463 g/mol. The summed E-state index contributed by atoms with van der Waals surface area (Å²) in [6, 6.07) is 7.24. The predicted octanol–water partition coefficient (Wildman–Crippen LogP) is 4.83. The van der Waals surface area contributed by atoms with E-state index in [1.807, 2.05) is 0 Å². The van der Waals surface area contributed by atoms with Gasteiger partial charge in [0.05, 0.1) is 30.0 Å². The zero-order chi connectivity index (χ0) is 22.6. The standard InChI is InChI=1S/C21H24Cl2N2O5S/c1-29-18-13-19(30-2)17(12-16(18)23)24-21(26)14-7-8-15(22)20(11-14)31(27,28)25-9-5-3-4-6-10-25/h7-8,11-13H,3-6,9-10H2,1-2H3,(H,24,26). The molecule has 7 nitrogen and oxygen atoms in total. The molecule has 168 valence electrons. The van der Waals surface area contributed by atoms with Crippen molar-refractivity contribution in [2.45, 2.75) is 30.6 Å². The van der Waals surface area contributed by atoms with Gasteiger partial charge in [0, 0.05) is 24.7 Å². The second-order valence-electron chi connectivity index (χ2n) is 7.10. The van der Waals surface area contributed by atoms with Crippen LogP contribution in [0.15, 0.2) is 35.2 Å². The van der Waals surface area contributed by atoms with Crippen LogP contribution in [0.2, 0.25) is 10.0 Å².